The summed E-state index contributed by atoms with van der Waals surface area (Å²) in [6, 6.07) is 11.5. The van der Waals surface area contributed by atoms with E-state index >= 15 is 0 Å². The monoisotopic (exact) mass is 256 g/mol. The van der Waals surface area contributed by atoms with Gasteiger partial charge in [-0.2, -0.15) is 0 Å². The third-order valence-corrected chi connectivity index (χ3v) is 2.70. The van der Waals surface area contributed by atoms with Gasteiger partial charge in [-0.15, -0.1) is 0 Å². The van der Waals surface area contributed by atoms with Crippen LogP contribution in [0.3, 0.4) is 0 Å². The van der Waals surface area contributed by atoms with Crippen molar-refractivity contribution in [3.8, 4) is 0 Å². The Morgan fingerprint density at radius 1 is 1.21 bits per heavy atom. The second kappa shape index (κ2) is 5.52. The van der Waals surface area contributed by atoms with Gasteiger partial charge >= 0.3 is 5.97 Å². The van der Waals surface area contributed by atoms with Gasteiger partial charge in [0.05, 0.1) is 24.7 Å². The zero-order valence-corrected chi connectivity index (χ0v) is 11.3. The summed E-state index contributed by atoms with van der Waals surface area (Å²) in [5.41, 5.74) is 1.08. The highest BCUT2D eigenvalue weighted by atomic mass is 16.5. The number of hydrogen-bond donors (Lipinski definition) is 0. The molecule has 2 aromatic carbocycles. The molecule has 0 amide bonds. The molecule has 0 spiro atoms. The predicted molar refractivity (Wildman–Crippen MR) is 77.1 cm³/mol. The number of methoxy groups -OCH3 is 1. The molecule has 2 rings (SSSR count). The minimum atomic E-state index is -0.378. The van der Waals surface area contributed by atoms with Crippen LogP contribution in [0.15, 0.2) is 41.4 Å². The average Bonchev–Trinajstić information content (AvgIpc) is 2.43. The van der Waals surface area contributed by atoms with Crippen molar-refractivity contribution in [2.24, 2.45) is 4.99 Å². The van der Waals surface area contributed by atoms with Gasteiger partial charge in [0.25, 0.3) is 0 Å². The molecule has 4 nitrogen and oxygen atoms in total. The molecule has 0 fully saturated rings. The summed E-state index contributed by atoms with van der Waals surface area (Å²) in [5, 5.41) is 2.03. The lowest BCUT2D eigenvalue weighted by atomic mass is 10.1. The van der Waals surface area contributed by atoms with E-state index in [9.17, 15) is 4.79 Å². The van der Waals surface area contributed by atoms with Crippen LogP contribution in [0.2, 0.25) is 0 Å². The van der Waals surface area contributed by atoms with Gasteiger partial charge in [-0.3, -0.25) is 0 Å². The van der Waals surface area contributed by atoms with Gasteiger partial charge in [-0.05, 0) is 22.9 Å². The summed E-state index contributed by atoms with van der Waals surface area (Å²) in [6.45, 7) is 0. The maximum atomic E-state index is 11.8. The molecule has 98 valence electrons. The standard InChI is InChI=1S/C15H16N2O2/c1-17(2)10-16-14-9-12-7-5-4-6-11(12)8-13(14)15(18)19-3/h4-10H,1-3H3. The number of benzene rings is 2. The third-order valence-electron chi connectivity index (χ3n) is 2.70. The van der Waals surface area contributed by atoms with Gasteiger partial charge < -0.3 is 9.64 Å². The van der Waals surface area contributed by atoms with E-state index in [0.29, 0.717) is 11.3 Å². The van der Waals surface area contributed by atoms with Gasteiger partial charge in [0, 0.05) is 14.1 Å². The lowest BCUT2D eigenvalue weighted by Crippen LogP contribution is -2.08. The molecule has 0 N–H and O–H groups in total. The van der Waals surface area contributed by atoms with E-state index in [4.69, 9.17) is 4.74 Å². The van der Waals surface area contributed by atoms with E-state index in [1.54, 1.807) is 6.34 Å². The SMILES string of the molecule is COC(=O)c1cc2ccccc2cc1N=CN(C)C. The fourth-order valence-electron chi connectivity index (χ4n) is 1.79. The molecule has 0 saturated heterocycles. The Balaban J connectivity index is 2.60. The van der Waals surface area contributed by atoms with Crippen molar-refractivity contribution >= 4 is 28.8 Å². The number of hydrogen-bond acceptors (Lipinski definition) is 3. The van der Waals surface area contributed by atoms with Gasteiger partial charge in [0.1, 0.15) is 0 Å². The Bertz CT molecular complexity index is 633. The maximum absolute atomic E-state index is 11.8. The number of fused-ring (bicyclic) bond motifs is 1. The third kappa shape index (κ3) is 2.91. The molecule has 0 unspecified atom stereocenters. The number of nitrogens with zero attached hydrogens (tertiary/aromatic N) is 2. The number of carbonyl (C=O) groups is 1. The van der Waals surface area contributed by atoms with Crippen molar-refractivity contribution in [3.05, 3.63) is 42.0 Å². The highest BCUT2D eigenvalue weighted by molar-refractivity contribution is 6.01. The van der Waals surface area contributed by atoms with Crippen LogP contribution >= 0.6 is 0 Å². The summed E-state index contributed by atoms with van der Waals surface area (Å²) in [5.74, 6) is -0.378. The second-order valence-electron chi connectivity index (χ2n) is 4.42. The van der Waals surface area contributed by atoms with Crippen LogP contribution < -0.4 is 0 Å². The lowest BCUT2D eigenvalue weighted by molar-refractivity contribution is 0.0602. The molecule has 0 bridgehead atoms. The van der Waals surface area contributed by atoms with Gasteiger partial charge in [0.2, 0.25) is 0 Å². The summed E-state index contributed by atoms with van der Waals surface area (Å²) >= 11 is 0. The smallest absolute Gasteiger partial charge is 0.340 e. The van der Waals surface area contributed by atoms with Crippen molar-refractivity contribution < 1.29 is 9.53 Å². The molecule has 0 aromatic heterocycles. The summed E-state index contributed by atoms with van der Waals surface area (Å²) < 4.78 is 4.81. The Hall–Kier alpha value is -2.36. The van der Waals surface area contributed by atoms with E-state index in [0.717, 1.165) is 10.8 Å². The molecule has 0 aliphatic carbocycles. The first kappa shape index (κ1) is 13.1. The first-order chi connectivity index (χ1) is 9.11. The molecule has 2 aromatic rings. The fourth-order valence-corrected chi connectivity index (χ4v) is 1.79. The van der Waals surface area contributed by atoms with E-state index < -0.39 is 0 Å². The van der Waals surface area contributed by atoms with Crippen LogP contribution in [-0.4, -0.2) is 38.4 Å². The van der Waals surface area contributed by atoms with Crippen molar-refractivity contribution in [3.63, 3.8) is 0 Å². The minimum absolute atomic E-state index is 0.378. The molecule has 0 radical (unpaired) electrons. The number of esters is 1. The molecule has 4 heteroatoms. The fraction of sp³-hybridized carbons (Fsp3) is 0.200. The lowest BCUT2D eigenvalue weighted by Gasteiger charge is -2.08. The zero-order chi connectivity index (χ0) is 13.8. The van der Waals surface area contributed by atoms with Crippen LogP contribution in [0.5, 0.6) is 0 Å². The van der Waals surface area contributed by atoms with Gasteiger partial charge in [-0.1, -0.05) is 24.3 Å². The van der Waals surface area contributed by atoms with Crippen LogP contribution in [0, 0.1) is 0 Å². The quantitative estimate of drug-likeness (QED) is 0.482. The van der Waals surface area contributed by atoms with Gasteiger partial charge in [-0.25, -0.2) is 9.79 Å². The largest absolute Gasteiger partial charge is 0.465 e. The van der Waals surface area contributed by atoms with Gasteiger partial charge in [0.15, 0.2) is 0 Å². The number of ether oxygens (including phenoxy) is 1. The molecular formula is C15H16N2O2. The van der Waals surface area contributed by atoms with E-state index in [2.05, 4.69) is 4.99 Å². The van der Waals surface area contributed by atoms with Crippen molar-refractivity contribution in [1.82, 2.24) is 4.90 Å². The zero-order valence-electron chi connectivity index (χ0n) is 11.3. The van der Waals surface area contributed by atoms with Crippen LogP contribution in [-0.2, 0) is 4.74 Å². The average molecular weight is 256 g/mol. The topological polar surface area (TPSA) is 41.9 Å². The van der Waals surface area contributed by atoms with Crippen molar-refractivity contribution in [1.29, 1.82) is 0 Å². The van der Waals surface area contributed by atoms with Crippen molar-refractivity contribution in [2.75, 3.05) is 21.2 Å². The molecule has 0 heterocycles. The van der Waals surface area contributed by atoms with Crippen LogP contribution in [0.1, 0.15) is 10.4 Å². The number of rotatable bonds is 3. The predicted octanol–water partition coefficient (Wildman–Crippen LogP) is 2.85. The van der Waals surface area contributed by atoms with Crippen LogP contribution in [0.4, 0.5) is 5.69 Å². The van der Waals surface area contributed by atoms with E-state index in [-0.39, 0.29) is 5.97 Å². The minimum Gasteiger partial charge on any atom is -0.465 e. The highest BCUT2D eigenvalue weighted by Gasteiger charge is 2.12. The summed E-state index contributed by atoms with van der Waals surface area (Å²) in [7, 11) is 5.13. The summed E-state index contributed by atoms with van der Waals surface area (Å²) in [6.07, 6.45) is 1.66. The second-order valence-corrected chi connectivity index (χ2v) is 4.42. The Morgan fingerprint density at radius 2 is 1.84 bits per heavy atom. The number of aliphatic imine (C=N–C) groups is 1. The molecule has 0 atom stereocenters. The maximum Gasteiger partial charge on any atom is 0.340 e. The molecule has 0 aliphatic heterocycles. The first-order valence-electron chi connectivity index (χ1n) is 5.93. The Labute approximate surface area is 112 Å². The Morgan fingerprint density at radius 3 is 2.42 bits per heavy atom. The van der Waals surface area contributed by atoms with E-state index in [1.807, 2.05) is 55.4 Å². The molecule has 0 aliphatic rings. The molecule has 0 saturated carbocycles. The molecule has 19 heavy (non-hydrogen) atoms. The van der Waals surface area contributed by atoms with Crippen LogP contribution in [0.25, 0.3) is 10.8 Å². The Kier molecular flexibility index (Phi) is 3.80. The summed E-state index contributed by atoms with van der Waals surface area (Å²) in [4.78, 5) is 18.0. The van der Waals surface area contributed by atoms with Crippen molar-refractivity contribution in [2.45, 2.75) is 0 Å². The first-order valence-corrected chi connectivity index (χ1v) is 5.93. The molecular weight excluding hydrogens is 240 g/mol. The number of carbonyl (C=O) groups excluding carboxylic acids is 1. The normalized spacial score (nSPS) is 10.9. The highest BCUT2D eigenvalue weighted by Crippen LogP contribution is 2.26. The van der Waals surface area contributed by atoms with E-state index in [1.165, 1.54) is 7.11 Å².